The van der Waals surface area contributed by atoms with Gasteiger partial charge in [0.05, 0.1) is 6.54 Å². The Morgan fingerprint density at radius 1 is 1.13 bits per heavy atom. The fraction of sp³-hybridized carbons (Fsp3) is 0.476. The van der Waals surface area contributed by atoms with Crippen LogP contribution in [0.4, 0.5) is 5.95 Å². The number of aliphatic hydroxyl groups excluding tert-OH is 1. The first kappa shape index (κ1) is 21.6. The van der Waals surface area contributed by atoms with E-state index in [1.807, 2.05) is 30.3 Å². The first-order valence-corrected chi connectivity index (χ1v) is 10.2. The van der Waals surface area contributed by atoms with E-state index in [-0.39, 0.29) is 24.3 Å². The number of imidazole rings is 1. The summed E-state index contributed by atoms with van der Waals surface area (Å²) in [6, 6.07) is 9.22. The summed E-state index contributed by atoms with van der Waals surface area (Å²) >= 11 is 0. The predicted octanol–water partition coefficient (Wildman–Crippen LogP) is 1.48. The molecule has 0 saturated heterocycles. The second kappa shape index (κ2) is 9.62. The van der Waals surface area contributed by atoms with Gasteiger partial charge in [-0.2, -0.15) is 4.98 Å². The number of benzene rings is 1. The third-order valence-corrected chi connectivity index (χ3v) is 4.99. The molecule has 1 aromatic carbocycles. The van der Waals surface area contributed by atoms with Gasteiger partial charge in [0.2, 0.25) is 5.95 Å². The summed E-state index contributed by atoms with van der Waals surface area (Å²) in [5, 5.41) is 13.8. The fourth-order valence-electron chi connectivity index (χ4n) is 3.31. The van der Waals surface area contributed by atoms with Crippen molar-refractivity contribution in [2.75, 3.05) is 18.5 Å². The number of ether oxygens (including phenoxy) is 1. The highest BCUT2D eigenvalue weighted by atomic mass is 16.5. The smallest absolute Gasteiger partial charge is 0.332 e. The quantitative estimate of drug-likeness (QED) is 0.486. The molecule has 3 rings (SSSR count). The van der Waals surface area contributed by atoms with Crippen molar-refractivity contribution < 1.29 is 9.84 Å². The Bertz CT molecular complexity index is 1100. The zero-order valence-corrected chi connectivity index (χ0v) is 17.7. The Morgan fingerprint density at radius 2 is 1.87 bits per heavy atom. The van der Waals surface area contributed by atoms with Crippen LogP contribution in [0.2, 0.25) is 0 Å². The molecular weight excluding hydrogens is 386 g/mol. The van der Waals surface area contributed by atoms with Crippen LogP contribution in [-0.4, -0.2) is 43.0 Å². The van der Waals surface area contributed by atoms with E-state index in [1.165, 1.54) is 11.6 Å². The van der Waals surface area contributed by atoms with E-state index < -0.39 is 17.4 Å². The Morgan fingerprint density at radius 3 is 2.57 bits per heavy atom. The number of para-hydroxylation sites is 1. The molecule has 0 saturated carbocycles. The molecular formula is C21H29N5O4. The molecule has 0 spiro atoms. The third-order valence-electron chi connectivity index (χ3n) is 4.99. The number of aliphatic hydroxyl groups is 1. The van der Waals surface area contributed by atoms with Gasteiger partial charge in [0.1, 0.15) is 18.5 Å². The fourth-order valence-corrected chi connectivity index (χ4v) is 3.31. The molecule has 2 heterocycles. The average molecular weight is 415 g/mol. The van der Waals surface area contributed by atoms with E-state index in [9.17, 15) is 14.7 Å². The molecule has 0 aliphatic heterocycles. The Hall–Kier alpha value is -3.07. The Balaban J connectivity index is 1.91. The number of rotatable bonds is 10. The van der Waals surface area contributed by atoms with Crippen LogP contribution >= 0.6 is 0 Å². The van der Waals surface area contributed by atoms with Crippen LogP contribution in [0.3, 0.4) is 0 Å². The molecule has 0 radical (unpaired) electrons. The lowest BCUT2D eigenvalue weighted by molar-refractivity contribution is 0.0938. The molecule has 0 bridgehead atoms. The maximum atomic E-state index is 12.8. The first-order chi connectivity index (χ1) is 14.4. The lowest BCUT2D eigenvalue weighted by Gasteiger charge is -2.16. The molecule has 3 aromatic rings. The molecule has 0 aliphatic rings. The summed E-state index contributed by atoms with van der Waals surface area (Å²) < 4.78 is 9.67. The monoisotopic (exact) mass is 415 g/mol. The number of nitrogens with one attached hydrogen (secondary N) is 1. The summed E-state index contributed by atoms with van der Waals surface area (Å²) in [4.78, 5) is 29.6. The number of aromatic nitrogens is 4. The van der Waals surface area contributed by atoms with Crippen molar-refractivity contribution in [1.29, 1.82) is 0 Å². The zero-order valence-electron chi connectivity index (χ0n) is 17.7. The van der Waals surface area contributed by atoms with Gasteiger partial charge in [0.25, 0.3) is 5.56 Å². The molecule has 9 heteroatoms. The minimum absolute atomic E-state index is 0.0606. The van der Waals surface area contributed by atoms with Crippen molar-refractivity contribution in [3.63, 3.8) is 0 Å². The lowest BCUT2D eigenvalue weighted by Crippen LogP contribution is -2.38. The zero-order chi connectivity index (χ0) is 21.7. The predicted molar refractivity (Wildman–Crippen MR) is 116 cm³/mol. The molecule has 30 heavy (non-hydrogen) atoms. The van der Waals surface area contributed by atoms with Crippen molar-refractivity contribution in [3.8, 4) is 5.75 Å². The topological polar surface area (TPSA) is 103 Å². The number of nitrogens with zero attached hydrogens (tertiary/aromatic N) is 4. The number of anilines is 1. The van der Waals surface area contributed by atoms with Gasteiger partial charge in [0.15, 0.2) is 11.2 Å². The summed E-state index contributed by atoms with van der Waals surface area (Å²) in [6.45, 7) is 2.97. The number of hydrogen-bond donors (Lipinski definition) is 2. The van der Waals surface area contributed by atoms with Gasteiger partial charge in [-0.25, -0.2) is 4.79 Å². The maximum Gasteiger partial charge on any atom is 0.332 e. The van der Waals surface area contributed by atoms with Gasteiger partial charge >= 0.3 is 5.69 Å². The SMILES string of the molecule is CCCCCNc1nc2c(c(=O)n(C)c(=O)n2C)n1CC(O)COc1ccccc1. The van der Waals surface area contributed by atoms with Gasteiger partial charge < -0.3 is 19.7 Å². The molecule has 0 aliphatic carbocycles. The van der Waals surface area contributed by atoms with Crippen LogP contribution in [0.25, 0.3) is 11.2 Å². The van der Waals surface area contributed by atoms with Gasteiger partial charge in [-0.1, -0.05) is 38.0 Å². The van der Waals surface area contributed by atoms with E-state index in [4.69, 9.17) is 4.74 Å². The second-order valence-electron chi connectivity index (χ2n) is 7.34. The van der Waals surface area contributed by atoms with E-state index >= 15 is 0 Å². The minimum Gasteiger partial charge on any atom is -0.491 e. The number of hydrogen-bond acceptors (Lipinski definition) is 6. The Labute approximate surface area is 174 Å². The van der Waals surface area contributed by atoms with Gasteiger partial charge in [0, 0.05) is 20.6 Å². The molecule has 0 fully saturated rings. The van der Waals surface area contributed by atoms with Crippen LogP contribution < -0.4 is 21.3 Å². The van der Waals surface area contributed by atoms with Crippen molar-refractivity contribution in [2.45, 2.75) is 38.8 Å². The second-order valence-corrected chi connectivity index (χ2v) is 7.34. The molecule has 2 aromatic heterocycles. The largest absolute Gasteiger partial charge is 0.491 e. The van der Waals surface area contributed by atoms with E-state index in [1.54, 1.807) is 11.6 Å². The molecule has 162 valence electrons. The number of fused-ring (bicyclic) bond motifs is 1. The van der Waals surface area contributed by atoms with Crippen LogP contribution in [0.5, 0.6) is 5.75 Å². The highest BCUT2D eigenvalue weighted by molar-refractivity contribution is 5.74. The highest BCUT2D eigenvalue weighted by Gasteiger charge is 2.21. The van der Waals surface area contributed by atoms with Gasteiger partial charge in [-0.3, -0.25) is 13.9 Å². The lowest BCUT2D eigenvalue weighted by atomic mass is 10.2. The number of aryl methyl sites for hydroxylation is 1. The van der Waals surface area contributed by atoms with E-state index in [2.05, 4.69) is 17.2 Å². The standard InChI is InChI=1S/C21H29N5O4/c1-4-5-9-12-22-20-23-18-17(19(28)25(3)21(29)24(18)2)26(20)13-15(27)14-30-16-10-7-6-8-11-16/h6-8,10-11,15,27H,4-5,9,12-14H2,1-3H3,(H,22,23). The van der Waals surface area contributed by atoms with Gasteiger partial charge in [-0.15, -0.1) is 0 Å². The summed E-state index contributed by atoms with van der Waals surface area (Å²) in [6.07, 6.45) is 2.24. The van der Waals surface area contributed by atoms with Crippen molar-refractivity contribution in [3.05, 3.63) is 51.2 Å². The molecule has 1 unspecified atom stereocenters. The third kappa shape index (κ3) is 4.56. The minimum atomic E-state index is -0.874. The van der Waals surface area contributed by atoms with Crippen molar-refractivity contribution in [1.82, 2.24) is 18.7 Å². The van der Waals surface area contributed by atoms with Crippen molar-refractivity contribution in [2.24, 2.45) is 14.1 Å². The van der Waals surface area contributed by atoms with Crippen LogP contribution in [0.15, 0.2) is 39.9 Å². The van der Waals surface area contributed by atoms with Crippen molar-refractivity contribution >= 4 is 17.1 Å². The Kier molecular flexibility index (Phi) is 6.94. The van der Waals surface area contributed by atoms with Crippen LogP contribution in [-0.2, 0) is 20.6 Å². The van der Waals surface area contributed by atoms with E-state index in [0.717, 1.165) is 23.8 Å². The van der Waals surface area contributed by atoms with Gasteiger partial charge in [-0.05, 0) is 18.6 Å². The summed E-state index contributed by atoms with van der Waals surface area (Å²) in [7, 11) is 3.02. The molecule has 0 amide bonds. The highest BCUT2D eigenvalue weighted by Crippen LogP contribution is 2.17. The maximum absolute atomic E-state index is 12.8. The summed E-state index contributed by atoms with van der Waals surface area (Å²) in [5.74, 6) is 1.11. The summed E-state index contributed by atoms with van der Waals surface area (Å²) in [5.41, 5.74) is -0.324. The van der Waals surface area contributed by atoms with E-state index in [0.29, 0.717) is 18.2 Å². The number of unbranched alkanes of at least 4 members (excludes halogenated alkanes) is 2. The molecule has 2 N–H and O–H groups in total. The first-order valence-electron chi connectivity index (χ1n) is 10.2. The van der Waals surface area contributed by atoms with Crippen LogP contribution in [0, 0.1) is 0 Å². The average Bonchev–Trinajstić information content (AvgIpc) is 3.11. The molecule has 9 nitrogen and oxygen atoms in total. The normalized spacial score (nSPS) is 12.3. The molecule has 1 atom stereocenters. The van der Waals surface area contributed by atoms with Crippen LogP contribution in [0.1, 0.15) is 26.2 Å².